The molecule has 2 N–H and O–H groups in total. The highest BCUT2D eigenvalue weighted by Gasteiger charge is 2.24. The number of carboxylic acids is 1. The summed E-state index contributed by atoms with van der Waals surface area (Å²) in [7, 11) is 0. The van der Waals surface area contributed by atoms with Gasteiger partial charge in [0.1, 0.15) is 6.04 Å². The highest BCUT2D eigenvalue weighted by molar-refractivity contribution is 9.10. The highest BCUT2D eigenvalue weighted by Crippen LogP contribution is 2.22. The van der Waals surface area contributed by atoms with Crippen molar-refractivity contribution in [3.05, 3.63) is 34.3 Å². The first kappa shape index (κ1) is 15.2. The summed E-state index contributed by atoms with van der Waals surface area (Å²) in [6.45, 7) is 5.89. The molecule has 18 heavy (non-hydrogen) atoms. The largest absolute Gasteiger partial charge is 0.480 e. The molecule has 0 saturated heterocycles. The van der Waals surface area contributed by atoms with Crippen molar-refractivity contribution in [2.75, 3.05) is 0 Å². The summed E-state index contributed by atoms with van der Waals surface area (Å²) in [5, 5.41) is 12.4. The zero-order valence-electron chi connectivity index (χ0n) is 11.0. The number of hydrogen-bond acceptors (Lipinski definition) is 2. The molecule has 0 aliphatic carbocycles. The Hall–Kier alpha value is -0.870. The molecule has 0 saturated carbocycles. The molecular formula is C14H20BrNO2. The van der Waals surface area contributed by atoms with Crippen LogP contribution >= 0.6 is 15.9 Å². The summed E-state index contributed by atoms with van der Waals surface area (Å²) in [5.74, 6) is -0.734. The average molecular weight is 314 g/mol. The highest BCUT2D eigenvalue weighted by atomic mass is 79.9. The fraction of sp³-hybridized carbons (Fsp3) is 0.500. The van der Waals surface area contributed by atoms with Gasteiger partial charge in [-0.2, -0.15) is 0 Å². The number of rotatable bonds is 6. The minimum absolute atomic E-state index is 0.0590. The van der Waals surface area contributed by atoms with Crippen LogP contribution in [-0.4, -0.2) is 17.1 Å². The predicted octanol–water partition coefficient (Wildman–Crippen LogP) is 3.60. The first-order chi connectivity index (χ1) is 8.45. The van der Waals surface area contributed by atoms with Crippen molar-refractivity contribution in [3.8, 4) is 0 Å². The van der Waals surface area contributed by atoms with Crippen LogP contribution in [0.3, 0.4) is 0 Å². The Labute approximate surface area is 117 Å². The van der Waals surface area contributed by atoms with Crippen molar-refractivity contribution in [1.82, 2.24) is 5.32 Å². The van der Waals surface area contributed by atoms with Gasteiger partial charge in [0.2, 0.25) is 0 Å². The van der Waals surface area contributed by atoms with Crippen molar-refractivity contribution in [2.45, 2.75) is 39.3 Å². The second kappa shape index (κ2) is 6.90. The van der Waals surface area contributed by atoms with E-state index in [0.29, 0.717) is 0 Å². The van der Waals surface area contributed by atoms with Crippen LogP contribution in [0.4, 0.5) is 0 Å². The van der Waals surface area contributed by atoms with Gasteiger partial charge in [-0.25, -0.2) is 0 Å². The molecule has 1 aromatic carbocycles. The van der Waals surface area contributed by atoms with Gasteiger partial charge < -0.3 is 5.11 Å². The van der Waals surface area contributed by atoms with Crippen molar-refractivity contribution >= 4 is 21.9 Å². The molecule has 0 aliphatic rings. The fourth-order valence-corrected chi connectivity index (χ4v) is 2.36. The number of aliphatic carboxylic acids is 1. The quantitative estimate of drug-likeness (QED) is 0.843. The van der Waals surface area contributed by atoms with E-state index in [9.17, 15) is 9.90 Å². The lowest BCUT2D eigenvalue weighted by Crippen LogP contribution is -2.42. The number of carboxylic acid groups (broad SMARTS) is 1. The number of halogens is 1. The van der Waals surface area contributed by atoms with Gasteiger partial charge in [0.25, 0.3) is 0 Å². The maximum absolute atomic E-state index is 11.2. The summed E-state index contributed by atoms with van der Waals surface area (Å²) in [5.41, 5.74) is 1.11. The van der Waals surface area contributed by atoms with Gasteiger partial charge in [-0.3, -0.25) is 10.1 Å². The third-order valence-electron chi connectivity index (χ3n) is 2.97. The van der Waals surface area contributed by atoms with Gasteiger partial charge in [-0.05, 0) is 30.0 Å². The van der Waals surface area contributed by atoms with E-state index < -0.39 is 12.0 Å². The molecule has 0 amide bonds. The van der Waals surface area contributed by atoms with Crippen molar-refractivity contribution in [1.29, 1.82) is 0 Å². The molecular weight excluding hydrogens is 294 g/mol. The first-order valence-electron chi connectivity index (χ1n) is 6.20. The molecule has 0 spiro atoms. The number of nitrogens with one attached hydrogen (secondary N) is 1. The summed E-state index contributed by atoms with van der Waals surface area (Å²) in [4.78, 5) is 11.2. The van der Waals surface area contributed by atoms with E-state index in [1.165, 1.54) is 0 Å². The van der Waals surface area contributed by atoms with Gasteiger partial charge in [-0.1, -0.05) is 48.8 Å². The zero-order chi connectivity index (χ0) is 13.7. The molecule has 0 fully saturated rings. The van der Waals surface area contributed by atoms with Crippen LogP contribution in [0.1, 0.15) is 38.8 Å². The van der Waals surface area contributed by atoms with Gasteiger partial charge >= 0.3 is 5.97 Å². The van der Waals surface area contributed by atoms with Gasteiger partial charge in [0.15, 0.2) is 0 Å². The van der Waals surface area contributed by atoms with Crippen molar-refractivity contribution < 1.29 is 9.90 Å². The van der Waals surface area contributed by atoms with Gasteiger partial charge in [0.05, 0.1) is 0 Å². The molecule has 2 unspecified atom stereocenters. The lowest BCUT2D eigenvalue weighted by molar-refractivity contribution is -0.140. The number of carbonyl (C=O) groups is 1. The third kappa shape index (κ3) is 4.10. The van der Waals surface area contributed by atoms with Crippen molar-refractivity contribution in [3.63, 3.8) is 0 Å². The van der Waals surface area contributed by atoms with Gasteiger partial charge in [0, 0.05) is 10.5 Å². The Morgan fingerprint density at radius 1 is 1.44 bits per heavy atom. The minimum Gasteiger partial charge on any atom is -0.480 e. The van der Waals surface area contributed by atoms with E-state index >= 15 is 0 Å². The van der Waals surface area contributed by atoms with Crippen molar-refractivity contribution in [2.24, 2.45) is 5.92 Å². The summed E-state index contributed by atoms with van der Waals surface area (Å²) < 4.78 is 1.01. The molecule has 0 heterocycles. The Morgan fingerprint density at radius 2 is 2.11 bits per heavy atom. The Kier molecular flexibility index (Phi) is 5.82. The fourth-order valence-electron chi connectivity index (χ4n) is 1.94. The van der Waals surface area contributed by atoms with Crippen LogP contribution in [0.15, 0.2) is 28.7 Å². The molecule has 4 heteroatoms. The first-order valence-corrected chi connectivity index (χ1v) is 6.99. The summed E-state index contributed by atoms with van der Waals surface area (Å²) in [6, 6.07) is 7.52. The maximum Gasteiger partial charge on any atom is 0.320 e. The van der Waals surface area contributed by atoms with E-state index in [0.717, 1.165) is 16.5 Å². The molecule has 2 atom stereocenters. The number of hydrogen-bond donors (Lipinski definition) is 2. The topological polar surface area (TPSA) is 49.3 Å². The zero-order valence-corrected chi connectivity index (χ0v) is 12.6. The normalized spacial score (nSPS) is 14.5. The Bertz CT molecular complexity index is 407. The monoisotopic (exact) mass is 313 g/mol. The third-order valence-corrected chi connectivity index (χ3v) is 3.47. The molecule has 3 nitrogen and oxygen atoms in total. The lowest BCUT2D eigenvalue weighted by Gasteiger charge is -2.25. The second-order valence-electron chi connectivity index (χ2n) is 4.74. The van der Waals surface area contributed by atoms with Crippen LogP contribution < -0.4 is 5.32 Å². The maximum atomic E-state index is 11.2. The molecule has 0 radical (unpaired) electrons. The smallest absolute Gasteiger partial charge is 0.320 e. The molecule has 0 bridgehead atoms. The van der Waals surface area contributed by atoms with E-state index in [2.05, 4.69) is 28.2 Å². The van der Waals surface area contributed by atoms with E-state index in [1.807, 2.05) is 38.1 Å². The summed E-state index contributed by atoms with van der Waals surface area (Å²) in [6.07, 6.45) is 0.854. The van der Waals surface area contributed by atoms with Crippen LogP contribution in [0, 0.1) is 5.92 Å². The van der Waals surface area contributed by atoms with E-state index in [1.54, 1.807) is 0 Å². The summed E-state index contributed by atoms with van der Waals surface area (Å²) >= 11 is 3.44. The average Bonchev–Trinajstić information content (AvgIpc) is 2.29. The minimum atomic E-state index is -0.793. The molecule has 100 valence electrons. The predicted molar refractivity (Wildman–Crippen MR) is 76.6 cm³/mol. The Morgan fingerprint density at radius 3 is 2.56 bits per heavy atom. The second-order valence-corrected chi connectivity index (χ2v) is 5.66. The standard InChI is InChI=1S/C14H20BrNO2/c1-4-12(10-6-5-7-11(15)8-10)16-13(9(2)3)14(17)18/h5-9,12-13,16H,4H2,1-3H3,(H,17,18). The number of benzene rings is 1. The molecule has 0 aromatic heterocycles. The molecule has 1 aromatic rings. The lowest BCUT2D eigenvalue weighted by atomic mass is 9.99. The van der Waals surface area contributed by atoms with Crippen LogP contribution in [-0.2, 0) is 4.79 Å². The van der Waals surface area contributed by atoms with Gasteiger partial charge in [-0.15, -0.1) is 0 Å². The van der Waals surface area contributed by atoms with Crippen LogP contribution in [0.2, 0.25) is 0 Å². The van der Waals surface area contributed by atoms with E-state index in [-0.39, 0.29) is 12.0 Å². The molecule has 1 rings (SSSR count). The van der Waals surface area contributed by atoms with E-state index in [4.69, 9.17) is 0 Å². The molecule has 0 aliphatic heterocycles. The van der Waals surface area contributed by atoms with Crippen LogP contribution in [0.25, 0.3) is 0 Å². The Balaban J connectivity index is 2.87. The SMILES string of the molecule is CCC(NC(C(=O)O)C(C)C)c1cccc(Br)c1. The van der Waals surface area contributed by atoms with Crippen LogP contribution in [0.5, 0.6) is 0 Å².